The van der Waals surface area contributed by atoms with E-state index in [0.717, 1.165) is 0 Å². The lowest BCUT2D eigenvalue weighted by Gasteiger charge is -2.16. The van der Waals surface area contributed by atoms with E-state index in [2.05, 4.69) is 0 Å². The average molecular weight is 341 g/mol. The minimum absolute atomic E-state index is 0.124. The van der Waals surface area contributed by atoms with Crippen LogP contribution in [0.3, 0.4) is 0 Å². The van der Waals surface area contributed by atoms with E-state index in [9.17, 15) is 39.6 Å². The van der Waals surface area contributed by atoms with Crippen molar-refractivity contribution in [3.63, 3.8) is 0 Å². The molecule has 0 unspecified atom stereocenters. The monoisotopic (exact) mass is 340 g/mol. The van der Waals surface area contributed by atoms with Crippen molar-refractivity contribution in [1.29, 1.82) is 0 Å². The molecule has 1 aromatic carbocycles. The van der Waals surface area contributed by atoms with Gasteiger partial charge in [0.1, 0.15) is 0 Å². The molecule has 0 radical (unpaired) electrons. The van der Waals surface area contributed by atoms with Gasteiger partial charge in [0.25, 0.3) is 9.05 Å². The van der Waals surface area contributed by atoms with Gasteiger partial charge in [-0.25, -0.2) is 8.42 Å². The van der Waals surface area contributed by atoms with Gasteiger partial charge in [-0.3, -0.25) is 4.79 Å². The van der Waals surface area contributed by atoms with Gasteiger partial charge in [-0.05, 0) is 12.1 Å². The fourth-order valence-electron chi connectivity index (χ4n) is 1.36. The molecule has 11 heteroatoms. The number of hydrogen-bond acceptors (Lipinski definition) is 3. The molecule has 1 aromatic rings. The molecule has 0 amide bonds. The van der Waals surface area contributed by atoms with Crippen LogP contribution in [0.2, 0.25) is 0 Å². The van der Waals surface area contributed by atoms with E-state index in [1.165, 1.54) is 0 Å². The summed E-state index contributed by atoms with van der Waals surface area (Å²) in [6.45, 7) is 0. The number of benzene rings is 1. The molecule has 0 bridgehead atoms. The summed E-state index contributed by atoms with van der Waals surface area (Å²) in [5.41, 5.74) is -5.75. The number of carbonyl (C=O) groups excluding carboxylic acids is 1. The van der Waals surface area contributed by atoms with Crippen LogP contribution in [0.25, 0.3) is 0 Å². The quantitative estimate of drug-likeness (QED) is 0.470. The van der Waals surface area contributed by atoms with Gasteiger partial charge >= 0.3 is 12.4 Å². The van der Waals surface area contributed by atoms with Gasteiger partial charge in [-0.2, -0.15) is 26.3 Å². The predicted octanol–water partition coefficient (Wildman–Crippen LogP) is 3.46. The molecule has 0 spiro atoms. The van der Waals surface area contributed by atoms with Gasteiger partial charge in [0.15, 0.2) is 6.29 Å². The molecule has 0 aliphatic carbocycles. The van der Waals surface area contributed by atoms with Crippen molar-refractivity contribution in [3.8, 4) is 0 Å². The molecular formula is C9H3ClF6O3S. The first-order valence-corrected chi connectivity index (χ1v) is 6.81. The molecule has 0 fully saturated rings. The minimum atomic E-state index is -5.35. The van der Waals surface area contributed by atoms with E-state index in [4.69, 9.17) is 10.7 Å². The summed E-state index contributed by atoms with van der Waals surface area (Å²) in [6, 6.07) is -0.247. The second-order valence-electron chi connectivity index (χ2n) is 3.48. The SMILES string of the molecule is O=Cc1c(C(F)(F)F)cc(S(=O)(=O)Cl)cc1C(F)(F)F. The zero-order valence-corrected chi connectivity index (χ0v) is 10.6. The van der Waals surface area contributed by atoms with E-state index < -0.39 is 49.3 Å². The molecule has 0 aliphatic rings. The summed E-state index contributed by atoms with van der Waals surface area (Å²) in [7, 11) is -0.0897. The molecule has 20 heavy (non-hydrogen) atoms. The molecule has 0 heterocycles. The van der Waals surface area contributed by atoms with E-state index in [-0.39, 0.29) is 12.1 Å². The summed E-state index contributed by atoms with van der Waals surface area (Å²) in [5.74, 6) is 0. The molecule has 3 nitrogen and oxygen atoms in total. The van der Waals surface area contributed by atoms with Crippen LogP contribution in [0, 0.1) is 0 Å². The first-order chi connectivity index (χ1) is 8.78. The van der Waals surface area contributed by atoms with E-state index in [1.807, 2.05) is 0 Å². The summed E-state index contributed by atoms with van der Waals surface area (Å²) >= 11 is 0. The van der Waals surface area contributed by atoms with E-state index in [1.54, 1.807) is 0 Å². The highest BCUT2D eigenvalue weighted by Crippen LogP contribution is 2.40. The van der Waals surface area contributed by atoms with Gasteiger partial charge in [0, 0.05) is 16.2 Å². The Labute approximate surface area is 112 Å². The van der Waals surface area contributed by atoms with Crippen LogP contribution in [-0.2, 0) is 21.4 Å². The highest BCUT2D eigenvalue weighted by Gasteiger charge is 2.42. The molecule has 0 saturated carbocycles. The maximum absolute atomic E-state index is 12.6. The van der Waals surface area contributed by atoms with Crippen molar-refractivity contribution < 1.29 is 39.6 Å². The van der Waals surface area contributed by atoms with Crippen LogP contribution in [0.1, 0.15) is 21.5 Å². The number of rotatable bonds is 2. The lowest BCUT2D eigenvalue weighted by atomic mass is 10.0. The summed E-state index contributed by atoms with van der Waals surface area (Å²) in [4.78, 5) is 9.12. The fourth-order valence-corrected chi connectivity index (χ4v) is 2.15. The highest BCUT2D eigenvalue weighted by molar-refractivity contribution is 8.13. The number of carbonyl (C=O) groups is 1. The van der Waals surface area contributed by atoms with Crippen molar-refractivity contribution in [2.75, 3.05) is 0 Å². The molecule has 0 aromatic heterocycles. The van der Waals surface area contributed by atoms with E-state index >= 15 is 0 Å². The third-order valence-electron chi connectivity index (χ3n) is 2.16. The fraction of sp³-hybridized carbons (Fsp3) is 0.222. The first-order valence-electron chi connectivity index (χ1n) is 4.50. The number of halogens is 7. The third kappa shape index (κ3) is 3.42. The second-order valence-corrected chi connectivity index (χ2v) is 6.05. The summed E-state index contributed by atoms with van der Waals surface area (Å²) < 4.78 is 97.5. The molecular weight excluding hydrogens is 338 g/mol. The van der Waals surface area contributed by atoms with Crippen molar-refractivity contribution >= 4 is 26.0 Å². The van der Waals surface area contributed by atoms with Gasteiger partial charge < -0.3 is 0 Å². The van der Waals surface area contributed by atoms with Crippen LogP contribution in [0.4, 0.5) is 26.3 Å². The lowest BCUT2D eigenvalue weighted by Crippen LogP contribution is -2.17. The largest absolute Gasteiger partial charge is 0.417 e. The van der Waals surface area contributed by atoms with Gasteiger partial charge in [0.2, 0.25) is 0 Å². The van der Waals surface area contributed by atoms with Crippen molar-refractivity contribution in [1.82, 2.24) is 0 Å². The zero-order valence-electron chi connectivity index (χ0n) is 9.01. The maximum Gasteiger partial charge on any atom is 0.417 e. The van der Waals surface area contributed by atoms with Crippen molar-refractivity contribution in [3.05, 3.63) is 28.8 Å². The number of aldehydes is 1. The zero-order chi connectivity index (χ0) is 15.9. The molecule has 0 N–H and O–H groups in total. The van der Waals surface area contributed by atoms with Crippen LogP contribution >= 0.6 is 10.7 Å². The Kier molecular flexibility index (Phi) is 4.12. The Bertz CT molecular complexity index is 612. The third-order valence-corrected chi connectivity index (χ3v) is 3.50. The standard InChI is InChI=1S/C9H3ClF6O3S/c10-20(18,19)4-1-6(8(11,12)13)5(3-17)7(2-4)9(14,15)16/h1-3H. The smallest absolute Gasteiger partial charge is 0.298 e. The van der Waals surface area contributed by atoms with Crippen LogP contribution < -0.4 is 0 Å². The van der Waals surface area contributed by atoms with Gasteiger partial charge in [0.05, 0.1) is 16.0 Å². The number of hydrogen-bond donors (Lipinski definition) is 0. The first kappa shape index (κ1) is 16.8. The Morgan fingerprint density at radius 2 is 1.30 bits per heavy atom. The van der Waals surface area contributed by atoms with Gasteiger partial charge in [-0.15, -0.1) is 0 Å². The van der Waals surface area contributed by atoms with Crippen molar-refractivity contribution in [2.24, 2.45) is 0 Å². The Hall–Kier alpha value is -1.29. The summed E-state index contributed by atoms with van der Waals surface area (Å²) in [5, 5.41) is 0. The highest BCUT2D eigenvalue weighted by atomic mass is 35.7. The molecule has 0 aliphatic heterocycles. The van der Waals surface area contributed by atoms with Crippen LogP contribution in [0.15, 0.2) is 17.0 Å². The normalized spacial score (nSPS) is 13.3. The Morgan fingerprint density at radius 1 is 0.950 bits per heavy atom. The van der Waals surface area contributed by atoms with Crippen LogP contribution in [0.5, 0.6) is 0 Å². The molecule has 112 valence electrons. The van der Waals surface area contributed by atoms with E-state index in [0.29, 0.717) is 0 Å². The Balaban J connectivity index is 3.90. The number of alkyl halides is 6. The summed E-state index contributed by atoms with van der Waals surface area (Å²) in [6.07, 6.45) is -11.3. The Morgan fingerprint density at radius 3 is 1.50 bits per heavy atom. The maximum atomic E-state index is 12.6. The van der Waals surface area contributed by atoms with Gasteiger partial charge in [-0.1, -0.05) is 0 Å². The lowest BCUT2D eigenvalue weighted by molar-refractivity contribution is -0.143. The minimum Gasteiger partial charge on any atom is -0.298 e. The molecule has 1 rings (SSSR count). The average Bonchev–Trinajstić information content (AvgIpc) is 2.23. The second kappa shape index (κ2) is 4.92. The molecule has 0 saturated heterocycles. The topological polar surface area (TPSA) is 51.2 Å². The van der Waals surface area contributed by atoms with Crippen LogP contribution in [-0.4, -0.2) is 14.7 Å². The predicted molar refractivity (Wildman–Crippen MR) is 54.9 cm³/mol. The van der Waals surface area contributed by atoms with Crippen molar-refractivity contribution in [2.45, 2.75) is 17.2 Å². The molecule has 0 atom stereocenters.